The number of halogens is 1. The van der Waals surface area contributed by atoms with E-state index in [4.69, 9.17) is 11.6 Å². The molecule has 0 atom stereocenters. The predicted octanol–water partition coefficient (Wildman–Crippen LogP) is 3.89. The number of nitrogens with one attached hydrogen (secondary N) is 1. The lowest BCUT2D eigenvalue weighted by molar-refractivity contribution is -0.114. The highest BCUT2D eigenvalue weighted by Gasteiger charge is 1.98. The van der Waals surface area contributed by atoms with Gasteiger partial charge in [0.15, 0.2) is 0 Å². The van der Waals surface area contributed by atoms with E-state index in [1.165, 1.54) is 18.1 Å². The summed E-state index contributed by atoms with van der Waals surface area (Å²) in [7, 11) is 0. The van der Waals surface area contributed by atoms with Crippen LogP contribution in [0.1, 0.15) is 18.1 Å². The summed E-state index contributed by atoms with van der Waals surface area (Å²) >= 11 is 5.84. The van der Waals surface area contributed by atoms with Gasteiger partial charge in [0.25, 0.3) is 0 Å². The van der Waals surface area contributed by atoms with Crippen molar-refractivity contribution in [3.8, 4) is 0 Å². The minimum atomic E-state index is -0.0551. The maximum Gasteiger partial charge on any atom is 0.221 e. The molecule has 2 aromatic carbocycles. The van der Waals surface area contributed by atoms with Gasteiger partial charge in [0, 0.05) is 17.6 Å². The average molecular weight is 260 g/mol. The van der Waals surface area contributed by atoms with E-state index in [2.05, 4.69) is 5.32 Å². The van der Waals surface area contributed by atoms with Gasteiger partial charge in [-0.3, -0.25) is 4.79 Å². The Balaban J connectivity index is 2.06. The Hall–Kier alpha value is -1.80. The Morgan fingerprint density at radius 1 is 1.00 bits per heavy atom. The van der Waals surface area contributed by atoms with Crippen LogP contribution in [0.4, 0.5) is 5.69 Å². The van der Waals surface area contributed by atoms with E-state index in [1.54, 1.807) is 0 Å². The zero-order chi connectivity index (χ0) is 13.0. The number of carbonyl (C=O) groups is 1. The number of carbonyl (C=O) groups excluding carboxylic acids is 1. The van der Waals surface area contributed by atoms with E-state index in [-0.39, 0.29) is 5.91 Å². The highest BCUT2D eigenvalue weighted by molar-refractivity contribution is 6.30. The van der Waals surface area contributed by atoms with Crippen LogP contribution in [0.2, 0.25) is 5.02 Å². The smallest absolute Gasteiger partial charge is 0.221 e. The molecule has 3 heteroatoms. The third kappa shape index (κ3) is 3.60. The summed E-state index contributed by atoms with van der Waals surface area (Å²) in [6.07, 6.45) is 0.859. The Bertz CT molecular complexity index is 531. The lowest BCUT2D eigenvalue weighted by atomic mass is 10.0. The van der Waals surface area contributed by atoms with Crippen molar-refractivity contribution in [2.24, 2.45) is 0 Å². The van der Waals surface area contributed by atoms with Gasteiger partial charge in [0.05, 0.1) is 0 Å². The van der Waals surface area contributed by atoms with E-state index in [0.29, 0.717) is 0 Å². The standard InChI is InChI=1S/C15H14ClNO/c1-11(18)17-15-8-4-13(5-9-15)10-12-2-6-14(16)7-3-12/h2-9H,10H2,1H3,(H,17,18). The first kappa shape index (κ1) is 12.7. The van der Waals surface area contributed by atoms with Crippen LogP contribution in [0, 0.1) is 0 Å². The maximum absolute atomic E-state index is 10.9. The average Bonchev–Trinajstić information content (AvgIpc) is 2.34. The summed E-state index contributed by atoms with van der Waals surface area (Å²) in [5.41, 5.74) is 3.24. The van der Waals surface area contributed by atoms with Crippen molar-refractivity contribution in [1.82, 2.24) is 0 Å². The SMILES string of the molecule is CC(=O)Nc1ccc(Cc2ccc(Cl)cc2)cc1. The van der Waals surface area contributed by atoms with Crippen molar-refractivity contribution >= 4 is 23.2 Å². The molecule has 2 aromatic rings. The van der Waals surface area contributed by atoms with E-state index in [0.717, 1.165) is 17.1 Å². The normalized spacial score (nSPS) is 10.1. The zero-order valence-electron chi connectivity index (χ0n) is 10.1. The van der Waals surface area contributed by atoms with Crippen molar-refractivity contribution < 1.29 is 4.79 Å². The molecule has 18 heavy (non-hydrogen) atoms. The molecule has 1 amide bonds. The van der Waals surface area contributed by atoms with Gasteiger partial charge >= 0.3 is 0 Å². The second kappa shape index (κ2) is 5.69. The second-order valence-corrected chi connectivity index (χ2v) is 4.62. The molecule has 0 radical (unpaired) electrons. The third-order valence-electron chi connectivity index (χ3n) is 2.60. The minimum Gasteiger partial charge on any atom is -0.326 e. The molecule has 0 spiro atoms. The zero-order valence-corrected chi connectivity index (χ0v) is 10.9. The van der Waals surface area contributed by atoms with Crippen molar-refractivity contribution in [2.75, 3.05) is 5.32 Å². The molecular weight excluding hydrogens is 246 g/mol. The van der Waals surface area contributed by atoms with Gasteiger partial charge in [0.2, 0.25) is 5.91 Å². The molecular formula is C15H14ClNO. The number of benzene rings is 2. The fourth-order valence-electron chi connectivity index (χ4n) is 1.75. The predicted molar refractivity (Wildman–Crippen MR) is 75.0 cm³/mol. The number of amides is 1. The largest absolute Gasteiger partial charge is 0.326 e. The summed E-state index contributed by atoms with van der Waals surface area (Å²) in [4.78, 5) is 10.9. The monoisotopic (exact) mass is 259 g/mol. The van der Waals surface area contributed by atoms with Gasteiger partial charge in [-0.15, -0.1) is 0 Å². The first-order valence-corrected chi connectivity index (χ1v) is 6.12. The first-order valence-electron chi connectivity index (χ1n) is 5.74. The van der Waals surface area contributed by atoms with Gasteiger partial charge in [-0.2, -0.15) is 0 Å². The van der Waals surface area contributed by atoms with E-state index in [9.17, 15) is 4.79 Å². The fourth-order valence-corrected chi connectivity index (χ4v) is 1.87. The summed E-state index contributed by atoms with van der Waals surface area (Å²) in [6.45, 7) is 1.50. The Kier molecular flexibility index (Phi) is 4.00. The van der Waals surface area contributed by atoms with Gasteiger partial charge < -0.3 is 5.32 Å². The lowest BCUT2D eigenvalue weighted by Crippen LogP contribution is -2.05. The topological polar surface area (TPSA) is 29.1 Å². The summed E-state index contributed by atoms with van der Waals surface area (Å²) in [5, 5.41) is 3.50. The highest BCUT2D eigenvalue weighted by Crippen LogP contribution is 2.15. The second-order valence-electron chi connectivity index (χ2n) is 4.18. The molecule has 0 saturated heterocycles. The van der Waals surface area contributed by atoms with E-state index >= 15 is 0 Å². The van der Waals surface area contributed by atoms with Crippen LogP contribution >= 0.6 is 11.6 Å². The van der Waals surface area contributed by atoms with Crippen LogP contribution in [0.15, 0.2) is 48.5 Å². The molecule has 0 saturated carbocycles. The number of rotatable bonds is 3. The van der Waals surface area contributed by atoms with Gasteiger partial charge in [0.1, 0.15) is 0 Å². The fraction of sp³-hybridized carbons (Fsp3) is 0.133. The molecule has 0 fully saturated rings. The summed E-state index contributed by atoms with van der Waals surface area (Å²) in [5.74, 6) is -0.0551. The third-order valence-corrected chi connectivity index (χ3v) is 2.85. The molecule has 0 heterocycles. The van der Waals surface area contributed by atoms with Crippen LogP contribution in [-0.4, -0.2) is 5.91 Å². The Labute approximate surface area is 112 Å². The molecule has 1 N–H and O–H groups in total. The van der Waals surface area contributed by atoms with Crippen LogP contribution < -0.4 is 5.32 Å². The lowest BCUT2D eigenvalue weighted by Gasteiger charge is -2.05. The maximum atomic E-state index is 10.9. The molecule has 0 aliphatic heterocycles. The quantitative estimate of drug-likeness (QED) is 0.890. The number of hydrogen-bond donors (Lipinski definition) is 1. The van der Waals surface area contributed by atoms with Gasteiger partial charge in [-0.25, -0.2) is 0 Å². The van der Waals surface area contributed by atoms with Crippen molar-refractivity contribution in [3.63, 3.8) is 0 Å². The molecule has 0 unspecified atom stereocenters. The molecule has 0 bridgehead atoms. The highest BCUT2D eigenvalue weighted by atomic mass is 35.5. The molecule has 0 aliphatic carbocycles. The minimum absolute atomic E-state index is 0.0551. The summed E-state index contributed by atoms with van der Waals surface area (Å²) in [6, 6.07) is 15.7. The Morgan fingerprint density at radius 3 is 2.00 bits per heavy atom. The van der Waals surface area contributed by atoms with Crippen molar-refractivity contribution in [3.05, 3.63) is 64.7 Å². The molecule has 2 nitrogen and oxygen atoms in total. The van der Waals surface area contributed by atoms with Gasteiger partial charge in [-0.1, -0.05) is 35.9 Å². The molecule has 2 rings (SSSR count). The number of anilines is 1. The molecule has 0 aromatic heterocycles. The molecule has 92 valence electrons. The molecule has 0 aliphatic rings. The number of hydrogen-bond acceptors (Lipinski definition) is 1. The van der Waals surface area contributed by atoms with E-state index < -0.39 is 0 Å². The van der Waals surface area contributed by atoms with Gasteiger partial charge in [-0.05, 0) is 41.8 Å². The van der Waals surface area contributed by atoms with Crippen LogP contribution in [0.5, 0.6) is 0 Å². The first-order chi connectivity index (χ1) is 8.63. The van der Waals surface area contributed by atoms with Crippen LogP contribution in [-0.2, 0) is 11.2 Å². The Morgan fingerprint density at radius 2 is 1.50 bits per heavy atom. The van der Waals surface area contributed by atoms with Crippen molar-refractivity contribution in [1.29, 1.82) is 0 Å². The summed E-state index contributed by atoms with van der Waals surface area (Å²) < 4.78 is 0. The van der Waals surface area contributed by atoms with Crippen LogP contribution in [0.3, 0.4) is 0 Å². The van der Waals surface area contributed by atoms with Crippen molar-refractivity contribution in [2.45, 2.75) is 13.3 Å². The van der Waals surface area contributed by atoms with E-state index in [1.807, 2.05) is 48.5 Å². The van der Waals surface area contributed by atoms with Crippen LogP contribution in [0.25, 0.3) is 0 Å².